The fourth-order valence-corrected chi connectivity index (χ4v) is 3.93. The van der Waals surface area contributed by atoms with Gasteiger partial charge in [0.1, 0.15) is 0 Å². The average molecular weight is 306 g/mol. The third-order valence-electron chi connectivity index (χ3n) is 5.15. The van der Waals surface area contributed by atoms with Crippen LogP contribution in [0, 0.1) is 28.4 Å². The van der Waals surface area contributed by atoms with E-state index in [9.17, 15) is 10.1 Å². The van der Waals surface area contributed by atoms with Crippen LogP contribution in [0.5, 0.6) is 0 Å². The van der Waals surface area contributed by atoms with Gasteiger partial charge in [0.15, 0.2) is 0 Å². The number of aryl methyl sites for hydroxylation is 1. The maximum Gasteiger partial charge on any atom is 0.272 e. The zero-order chi connectivity index (χ0) is 16.7. The lowest BCUT2D eigenvalue weighted by molar-refractivity contribution is -0.385. The van der Waals surface area contributed by atoms with Crippen LogP contribution < -0.4 is 5.32 Å². The standard InChI is InChI=1S/C17H26N2O3/c1-10-7-8-13(9-14(10)19(20)21)12(3)18-15-11(2)16(22-6)17(15,4)5/h7-9,11-12,15-16,18H,1-6H3. The van der Waals surface area contributed by atoms with E-state index in [2.05, 4.69) is 33.0 Å². The number of rotatable bonds is 5. The molecular weight excluding hydrogens is 280 g/mol. The lowest BCUT2D eigenvalue weighted by Crippen LogP contribution is -2.67. The lowest BCUT2D eigenvalue weighted by Gasteiger charge is -2.57. The maximum absolute atomic E-state index is 11.1. The van der Waals surface area contributed by atoms with Crippen LogP contribution in [-0.4, -0.2) is 24.2 Å². The first-order chi connectivity index (χ1) is 10.2. The largest absolute Gasteiger partial charge is 0.380 e. The van der Waals surface area contributed by atoms with Gasteiger partial charge in [-0.05, 0) is 25.3 Å². The molecule has 0 amide bonds. The van der Waals surface area contributed by atoms with E-state index in [0.717, 1.165) is 5.56 Å². The minimum atomic E-state index is -0.317. The van der Waals surface area contributed by atoms with Crippen LogP contribution in [0.15, 0.2) is 18.2 Å². The van der Waals surface area contributed by atoms with Crippen LogP contribution in [0.3, 0.4) is 0 Å². The molecule has 5 heteroatoms. The Balaban J connectivity index is 2.15. The highest BCUT2D eigenvalue weighted by molar-refractivity contribution is 5.43. The van der Waals surface area contributed by atoms with Gasteiger partial charge in [0.2, 0.25) is 0 Å². The van der Waals surface area contributed by atoms with Crippen molar-refractivity contribution in [2.45, 2.75) is 52.8 Å². The van der Waals surface area contributed by atoms with E-state index in [1.807, 2.05) is 12.1 Å². The van der Waals surface area contributed by atoms with Crippen molar-refractivity contribution in [2.75, 3.05) is 7.11 Å². The van der Waals surface area contributed by atoms with Crippen molar-refractivity contribution >= 4 is 5.69 Å². The lowest BCUT2D eigenvalue weighted by atomic mass is 9.57. The van der Waals surface area contributed by atoms with Gasteiger partial charge in [-0.3, -0.25) is 10.1 Å². The van der Waals surface area contributed by atoms with Crippen molar-refractivity contribution in [1.29, 1.82) is 0 Å². The molecule has 4 atom stereocenters. The molecule has 0 aromatic heterocycles. The normalized spacial score (nSPS) is 28.0. The molecular formula is C17H26N2O3. The van der Waals surface area contributed by atoms with E-state index in [4.69, 9.17) is 4.74 Å². The second-order valence-electron chi connectivity index (χ2n) is 7.01. The van der Waals surface area contributed by atoms with Crippen molar-refractivity contribution in [3.05, 3.63) is 39.4 Å². The molecule has 1 N–H and O–H groups in total. The number of hydrogen-bond acceptors (Lipinski definition) is 4. The van der Waals surface area contributed by atoms with Gasteiger partial charge in [0.25, 0.3) is 5.69 Å². The van der Waals surface area contributed by atoms with Crippen molar-refractivity contribution < 1.29 is 9.66 Å². The van der Waals surface area contributed by atoms with E-state index in [1.165, 1.54) is 0 Å². The van der Waals surface area contributed by atoms with Gasteiger partial charge >= 0.3 is 0 Å². The average Bonchev–Trinajstić information content (AvgIpc) is 2.44. The minimum Gasteiger partial charge on any atom is -0.380 e. The Morgan fingerprint density at radius 1 is 1.41 bits per heavy atom. The Morgan fingerprint density at radius 3 is 2.55 bits per heavy atom. The van der Waals surface area contributed by atoms with Crippen LogP contribution in [0.4, 0.5) is 5.69 Å². The van der Waals surface area contributed by atoms with Gasteiger partial charge in [-0.25, -0.2) is 0 Å². The highest BCUT2D eigenvalue weighted by atomic mass is 16.6. The summed E-state index contributed by atoms with van der Waals surface area (Å²) in [5.74, 6) is 0.419. The van der Waals surface area contributed by atoms with Crippen LogP contribution in [-0.2, 0) is 4.74 Å². The number of nitro groups is 1. The smallest absolute Gasteiger partial charge is 0.272 e. The molecule has 1 saturated carbocycles. The summed E-state index contributed by atoms with van der Waals surface area (Å²) in [6.45, 7) is 10.4. The molecule has 0 aliphatic heterocycles. The molecule has 0 bridgehead atoms. The number of benzene rings is 1. The fraction of sp³-hybridized carbons (Fsp3) is 0.647. The van der Waals surface area contributed by atoms with Crippen LogP contribution in [0.25, 0.3) is 0 Å². The molecule has 22 heavy (non-hydrogen) atoms. The molecule has 1 aromatic rings. The van der Waals surface area contributed by atoms with Crippen LogP contribution in [0.2, 0.25) is 0 Å². The summed E-state index contributed by atoms with van der Waals surface area (Å²) in [7, 11) is 1.76. The molecule has 5 nitrogen and oxygen atoms in total. The summed E-state index contributed by atoms with van der Waals surface area (Å²) in [6, 6.07) is 5.84. The second-order valence-corrected chi connectivity index (χ2v) is 7.01. The van der Waals surface area contributed by atoms with E-state index in [0.29, 0.717) is 17.5 Å². The Labute approximate surface area is 132 Å². The summed E-state index contributed by atoms with van der Waals surface area (Å²) in [5, 5.41) is 14.7. The SMILES string of the molecule is COC1C(C)C(NC(C)c2ccc(C)c([N+](=O)[O-])c2)C1(C)C. The van der Waals surface area contributed by atoms with E-state index in [-0.39, 0.29) is 28.2 Å². The fourth-order valence-electron chi connectivity index (χ4n) is 3.93. The molecule has 1 aliphatic rings. The van der Waals surface area contributed by atoms with Crippen molar-refractivity contribution in [3.8, 4) is 0 Å². The number of methoxy groups -OCH3 is 1. The highest BCUT2D eigenvalue weighted by Gasteiger charge is 2.54. The molecule has 2 rings (SSSR count). The zero-order valence-corrected chi connectivity index (χ0v) is 14.2. The third-order valence-corrected chi connectivity index (χ3v) is 5.15. The first kappa shape index (κ1) is 16.9. The van der Waals surface area contributed by atoms with Gasteiger partial charge < -0.3 is 10.1 Å². The first-order valence-corrected chi connectivity index (χ1v) is 7.74. The monoisotopic (exact) mass is 306 g/mol. The Morgan fingerprint density at radius 2 is 2.05 bits per heavy atom. The van der Waals surface area contributed by atoms with Crippen molar-refractivity contribution in [3.63, 3.8) is 0 Å². The molecule has 0 radical (unpaired) electrons. The molecule has 0 spiro atoms. The first-order valence-electron chi connectivity index (χ1n) is 7.74. The summed E-state index contributed by atoms with van der Waals surface area (Å²) in [6.07, 6.45) is 0.240. The topological polar surface area (TPSA) is 64.4 Å². The van der Waals surface area contributed by atoms with Crippen molar-refractivity contribution in [1.82, 2.24) is 5.32 Å². The Kier molecular flexibility index (Phi) is 4.59. The second kappa shape index (κ2) is 5.97. The summed E-state index contributed by atoms with van der Waals surface area (Å²) in [5.41, 5.74) is 1.87. The van der Waals surface area contributed by atoms with Gasteiger partial charge in [0.05, 0.1) is 11.0 Å². The number of nitro benzene ring substituents is 1. The summed E-state index contributed by atoms with van der Waals surface area (Å²) >= 11 is 0. The quantitative estimate of drug-likeness (QED) is 0.666. The third kappa shape index (κ3) is 2.75. The molecule has 1 aliphatic carbocycles. The van der Waals surface area contributed by atoms with E-state index >= 15 is 0 Å². The molecule has 0 heterocycles. The van der Waals surface area contributed by atoms with Gasteiger partial charge in [-0.15, -0.1) is 0 Å². The molecule has 4 unspecified atom stereocenters. The number of nitrogens with one attached hydrogen (secondary N) is 1. The van der Waals surface area contributed by atoms with Crippen LogP contribution >= 0.6 is 0 Å². The van der Waals surface area contributed by atoms with Crippen LogP contribution in [0.1, 0.15) is 44.9 Å². The molecule has 1 aromatic carbocycles. The van der Waals surface area contributed by atoms with Crippen molar-refractivity contribution in [2.24, 2.45) is 11.3 Å². The van der Waals surface area contributed by atoms with Gasteiger partial charge in [0, 0.05) is 36.2 Å². The Bertz CT molecular complexity index is 571. The van der Waals surface area contributed by atoms with Gasteiger partial charge in [-0.2, -0.15) is 0 Å². The maximum atomic E-state index is 11.1. The minimum absolute atomic E-state index is 0.0546. The van der Waals surface area contributed by atoms with Gasteiger partial charge in [-0.1, -0.05) is 32.9 Å². The molecule has 0 saturated heterocycles. The number of nitrogens with zero attached hydrogens (tertiary/aromatic N) is 1. The summed E-state index contributed by atoms with van der Waals surface area (Å²) in [4.78, 5) is 10.8. The molecule has 122 valence electrons. The Hall–Kier alpha value is -1.46. The molecule has 1 fully saturated rings. The predicted octanol–water partition coefficient (Wildman–Crippen LogP) is 3.61. The number of ether oxygens (including phenoxy) is 1. The van der Waals surface area contributed by atoms with E-state index in [1.54, 1.807) is 20.1 Å². The highest BCUT2D eigenvalue weighted by Crippen LogP contribution is 2.47. The summed E-state index contributed by atoms with van der Waals surface area (Å²) < 4.78 is 5.57. The predicted molar refractivity (Wildman–Crippen MR) is 86.9 cm³/mol. The zero-order valence-electron chi connectivity index (χ0n) is 14.2. The number of hydrogen-bond donors (Lipinski definition) is 1. The van der Waals surface area contributed by atoms with E-state index < -0.39 is 0 Å².